The lowest BCUT2D eigenvalue weighted by atomic mass is 10.0. The van der Waals surface area contributed by atoms with E-state index in [-0.39, 0.29) is 5.60 Å². The van der Waals surface area contributed by atoms with Crippen LogP contribution in [0.3, 0.4) is 0 Å². The van der Waals surface area contributed by atoms with Crippen LogP contribution in [0.15, 0.2) is 23.6 Å². The summed E-state index contributed by atoms with van der Waals surface area (Å²) in [6, 6.07) is 6.84. The molecule has 0 unspecified atom stereocenters. The van der Waals surface area contributed by atoms with Crippen LogP contribution in [0.4, 0.5) is 0 Å². The minimum atomic E-state index is -0.113. The third kappa shape index (κ3) is 3.11. The molecule has 0 fully saturated rings. The zero-order chi connectivity index (χ0) is 15.0. The molecule has 0 saturated carbocycles. The lowest BCUT2D eigenvalue weighted by molar-refractivity contribution is 0.139. The number of nitrogens with zero attached hydrogens (tertiary/aromatic N) is 1. The minimum Gasteiger partial charge on any atom is -0.486 e. The van der Waals surface area contributed by atoms with Crippen LogP contribution < -0.4 is 10.1 Å². The van der Waals surface area contributed by atoms with E-state index in [0.29, 0.717) is 6.04 Å². The highest BCUT2D eigenvalue weighted by Crippen LogP contribution is 2.42. The molecule has 0 spiro atoms. The molecule has 0 amide bonds. The van der Waals surface area contributed by atoms with Crippen LogP contribution in [0.5, 0.6) is 5.75 Å². The van der Waals surface area contributed by atoms with Crippen molar-refractivity contribution in [1.82, 2.24) is 10.3 Å². The van der Waals surface area contributed by atoms with E-state index in [0.717, 1.165) is 35.0 Å². The minimum absolute atomic E-state index is 0.113. The van der Waals surface area contributed by atoms with Gasteiger partial charge in [-0.15, -0.1) is 11.3 Å². The van der Waals surface area contributed by atoms with E-state index in [1.165, 1.54) is 5.56 Å². The molecule has 1 aliphatic heterocycles. The predicted octanol–water partition coefficient (Wildman–Crippen LogP) is 4.02. The Morgan fingerprint density at radius 3 is 2.95 bits per heavy atom. The maximum absolute atomic E-state index is 6.14. The lowest BCUT2D eigenvalue weighted by Crippen LogP contribution is -2.24. The molecule has 3 rings (SSSR count). The second-order valence-electron chi connectivity index (χ2n) is 6.51. The van der Waals surface area contributed by atoms with Gasteiger partial charge in [-0.3, -0.25) is 0 Å². The summed E-state index contributed by atoms with van der Waals surface area (Å²) < 4.78 is 6.14. The SMILES string of the molecule is CC(C)NCc1csc(-c2cccc3c2OC(C)(C)C3)n1. The highest BCUT2D eigenvalue weighted by molar-refractivity contribution is 7.13. The van der Waals surface area contributed by atoms with Crippen LogP contribution in [-0.2, 0) is 13.0 Å². The molecular formula is C17H22N2OS. The van der Waals surface area contributed by atoms with E-state index >= 15 is 0 Å². The van der Waals surface area contributed by atoms with Gasteiger partial charge in [-0.1, -0.05) is 26.0 Å². The largest absolute Gasteiger partial charge is 0.486 e. The summed E-state index contributed by atoms with van der Waals surface area (Å²) in [4.78, 5) is 4.75. The third-order valence-electron chi connectivity index (χ3n) is 3.56. The van der Waals surface area contributed by atoms with Gasteiger partial charge in [0.2, 0.25) is 0 Å². The number of thiazole rings is 1. The van der Waals surface area contributed by atoms with Crippen LogP contribution in [0.25, 0.3) is 10.6 Å². The van der Waals surface area contributed by atoms with Crippen molar-refractivity contribution >= 4 is 11.3 Å². The molecule has 1 aliphatic rings. The predicted molar refractivity (Wildman–Crippen MR) is 87.9 cm³/mol. The Morgan fingerprint density at radius 1 is 1.38 bits per heavy atom. The lowest BCUT2D eigenvalue weighted by Gasteiger charge is -2.17. The number of benzene rings is 1. The fourth-order valence-electron chi connectivity index (χ4n) is 2.60. The molecule has 0 aliphatic carbocycles. The van der Waals surface area contributed by atoms with E-state index in [1.807, 2.05) is 0 Å². The fraction of sp³-hybridized carbons (Fsp3) is 0.471. The van der Waals surface area contributed by atoms with Gasteiger partial charge < -0.3 is 10.1 Å². The van der Waals surface area contributed by atoms with Gasteiger partial charge in [0.1, 0.15) is 16.4 Å². The first-order valence-corrected chi connectivity index (χ1v) is 8.32. The average molecular weight is 302 g/mol. The molecule has 3 nitrogen and oxygen atoms in total. The summed E-state index contributed by atoms with van der Waals surface area (Å²) >= 11 is 1.69. The molecule has 0 saturated heterocycles. The summed E-state index contributed by atoms with van der Waals surface area (Å²) in [6.07, 6.45) is 0.962. The van der Waals surface area contributed by atoms with E-state index in [4.69, 9.17) is 9.72 Å². The summed E-state index contributed by atoms with van der Waals surface area (Å²) in [5, 5.41) is 6.58. The van der Waals surface area contributed by atoms with Crippen molar-refractivity contribution in [2.45, 2.75) is 52.3 Å². The van der Waals surface area contributed by atoms with Gasteiger partial charge in [-0.25, -0.2) is 4.98 Å². The molecule has 112 valence electrons. The standard InChI is InChI=1S/C17H22N2OS/c1-11(2)18-9-13-10-21-16(19-13)14-7-5-6-12-8-17(3,4)20-15(12)14/h5-7,10-11,18H,8-9H2,1-4H3. The zero-order valence-corrected chi connectivity index (χ0v) is 13.9. The summed E-state index contributed by atoms with van der Waals surface area (Å²) in [6.45, 7) is 9.38. The quantitative estimate of drug-likeness (QED) is 0.926. The normalized spacial score (nSPS) is 16.0. The van der Waals surface area contributed by atoms with E-state index < -0.39 is 0 Å². The highest BCUT2D eigenvalue weighted by Gasteiger charge is 2.32. The number of ether oxygens (including phenoxy) is 1. The highest BCUT2D eigenvalue weighted by atomic mass is 32.1. The number of fused-ring (bicyclic) bond motifs is 1. The molecule has 0 atom stereocenters. The molecule has 1 aromatic heterocycles. The van der Waals surface area contributed by atoms with Crippen LogP contribution in [0, 0.1) is 0 Å². The van der Waals surface area contributed by atoms with Gasteiger partial charge in [0, 0.05) is 24.4 Å². The number of aromatic nitrogens is 1. The Labute approximate surface area is 130 Å². The van der Waals surface area contributed by atoms with Crippen molar-refractivity contribution in [3.8, 4) is 16.3 Å². The van der Waals surface area contributed by atoms with Crippen LogP contribution in [0.1, 0.15) is 39.0 Å². The van der Waals surface area contributed by atoms with Gasteiger partial charge in [0.25, 0.3) is 0 Å². The monoisotopic (exact) mass is 302 g/mol. The average Bonchev–Trinajstić information content (AvgIpc) is 2.97. The van der Waals surface area contributed by atoms with Crippen molar-refractivity contribution in [3.63, 3.8) is 0 Å². The molecule has 21 heavy (non-hydrogen) atoms. The Balaban J connectivity index is 1.88. The first-order valence-electron chi connectivity index (χ1n) is 7.44. The maximum Gasteiger partial charge on any atom is 0.133 e. The molecule has 2 aromatic rings. The van der Waals surface area contributed by atoms with Crippen molar-refractivity contribution in [1.29, 1.82) is 0 Å². The third-order valence-corrected chi connectivity index (χ3v) is 4.49. The van der Waals surface area contributed by atoms with Gasteiger partial charge in [-0.2, -0.15) is 0 Å². The number of nitrogens with one attached hydrogen (secondary N) is 1. The Bertz CT molecular complexity index is 646. The van der Waals surface area contributed by atoms with Gasteiger partial charge in [0.15, 0.2) is 0 Å². The molecule has 2 heterocycles. The first-order chi connectivity index (χ1) is 9.94. The van der Waals surface area contributed by atoms with Crippen molar-refractivity contribution in [3.05, 3.63) is 34.8 Å². The topological polar surface area (TPSA) is 34.1 Å². The van der Waals surface area contributed by atoms with Crippen LogP contribution in [0.2, 0.25) is 0 Å². The van der Waals surface area contributed by atoms with Crippen LogP contribution >= 0.6 is 11.3 Å². The van der Waals surface area contributed by atoms with Gasteiger partial charge >= 0.3 is 0 Å². The first kappa shape index (κ1) is 14.5. The Hall–Kier alpha value is -1.39. The number of hydrogen-bond donors (Lipinski definition) is 1. The maximum atomic E-state index is 6.14. The van der Waals surface area contributed by atoms with Gasteiger partial charge in [-0.05, 0) is 25.5 Å². The van der Waals surface area contributed by atoms with Crippen LogP contribution in [-0.4, -0.2) is 16.6 Å². The number of hydrogen-bond acceptors (Lipinski definition) is 4. The Kier molecular flexibility index (Phi) is 3.76. The number of rotatable bonds is 4. The number of para-hydroxylation sites is 1. The smallest absolute Gasteiger partial charge is 0.133 e. The van der Waals surface area contributed by atoms with E-state index in [1.54, 1.807) is 11.3 Å². The summed E-state index contributed by atoms with van der Waals surface area (Å²) in [7, 11) is 0. The Morgan fingerprint density at radius 2 is 2.19 bits per heavy atom. The summed E-state index contributed by atoms with van der Waals surface area (Å²) in [5.74, 6) is 1.01. The molecule has 0 bridgehead atoms. The second-order valence-corrected chi connectivity index (χ2v) is 7.37. The molecule has 0 radical (unpaired) electrons. The molecule has 1 N–H and O–H groups in total. The van der Waals surface area contributed by atoms with Gasteiger partial charge in [0.05, 0.1) is 11.3 Å². The van der Waals surface area contributed by atoms with E-state index in [9.17, 15) is 0 Å². The van der Waals surface area contributed by atoms with Crippen molar-refractivity contribution < 1.29 is 4.74 Å². The van der Waals surface area contributed by atoms with Crippen molar-refractivity contribution in [2.75, 3.05) is 0 Å². The zero-order valence-electron chi connectivity index (χ0n) is 13.1. The van der Waals surface area contributed by atoms with Crippen molar-refractivity contribution in [2.24, 2.45) is 0 Å². The van der Waals surface area contributed by atoms with E-state index in [2.05, 4.69) is 56.6 Å². The molecule has 4 heteroatoms. The summed E-state index contributed by atoms with van der Waals surface area (Å²) in [5.41, 5.74) is 3.39. The molecular weight excluding hydrogens is 280 g/mol. The fourth-order valence-corrected chi connectivity index (χ4v) is 3.45. The molecule has 1 aromatic carbocycles. The second kappa shape index (κ2) is 5.43.